The molecule has 0 radical (unpaired) electrons. The highest BCUT2D eigenvalue weighted by molar-refractivity contribution is 6.01. The summed E-state index contributed by atoms with van der Waals surface area (Å²) in [7, 11) is 3.21. The molecule has 0 spiro atoms. The quantitative estimate of drug-likeness (QED) is 0.176. The van der Waals surface area contributed by atoms with E-state index in [1.807, 2.05) is 18.3 Å². The summed E-state index contributed by atoms with van der Waals surface area (Å²) in [6.45, 7) is 0.817. The van der Waals surface area contributed by atoms with Gasteiger partial charge in [-0.3, -0.25) is 10.2 Å². The second-order valence-electron chi connectivity index (χ2n) is 10.0. The number of halogens is 1. The van der Waals surface area contributed by atoms with Gasteiger partial charge >= 0.3 is 0 Å². The van der Waals surface area contributed by atoms with Crippen LogP contribution in [0.5, 0.6) is 5.75 Å². The van der Waals surface area contributed by atoms with Crippen LogP contribution in [0, 0.1) is 22.7 Å². The predicted octanol–water partition coefficient (Wildman–Crippen LogP) is 4.97. The van der Waals surface area contributed by atoms with E-state index in [1.165, 1.54) is 11.1 Å². The first-order valence-corrected chi connectivity index (χ1v) is 13.0. The van der Waals surface area contributed by atoms with Crippen molar-refractivity contribution in [2.75, 3.05) is 25.6 Å². The molecule has 0 unspecified atom stereocenters. The molecule has 1 atom stereocenters. The van der Waals surface area contributed by atoms with E-state index in [-0.39, 0.29) is 29.7 Å². The third-order valence-electron chi connectivity index (χ3n) is 7.83. The lowest BCUT2D eigenvalue weighted by atomic mass is 9.85. The number of amides is 1. The minimum absolute atomic E-state index is 0.0198. The van der Waals surface area contributed by atoms with Crippen molar-refractivity contribution in [1.29, 1.82) is 10.9 Å². The van der Waals surface area contributed by atoms with E-state index in [0.717, 1.165) is 56.3 Å². The van der Waals surface area contributed by atoms with Crippen LogP contribution >= 0.6 is 0 Å². The van der Waals surface area contributed by atoms with Crippen molar-refractivity contribution in [1.82, 2.24) is 19.9 Å². The monoisotopic (exact) mass is 520 g/mol. The van der Waals surface area contributed by atoms with Crippen LogP contribution < -0.4 is 15.0 Å². The number of aromatic nitrogens is 2. The van der Waals surface area contributed by atoms with Crippen LogP contribution in [0.25, 0.3) is 5.52 Å². The number of methoxy groups -OCH3 is 1. The van der Waals surface area contributed by atoms with Crippen LogP contribution in [0.15, 0.2) is 47.9 Å². The number of nitrogens with one attached hydrogen (secondary N) is 3. The minimum atomic E-state index is -0.290. The van der Waals surface area contributed by atoms with Crippen LogP contribution in [-0.2, 0) is 0 Å². The highest BCUT2D eigenvalue weighted by Crippen LogP contribution is 2.40. The van der Waals surface area contributed by atoms with Gasteiger partial charge in [-0.1, -0.05) is 5.22 Å². The number of carbonyl (C=O) groups excluding carboxylic acids is 1. The zero-order valence-electron chi connectivity index (χ0n) is 21.7. The van der Waals surface area contributed by atoms with Crippen molar-refractivity contribution in [3.8, 4) is 5.75 Å². The number of nitrogens with zero attached hydrogens (tertiary/aromatic N) is 5. The van der Waals surface area contributed by atoms with Gasteiger partial charge < -0.3 is 15.0 Å². The minimum Gasteiger partial charge on any atom is -0.496 e. The molecule has 10 nitrogen and oxygen atoms in total. The second kappa shape index (κ2) is 10.8. The van der Waals surface area contributed by atoms with Crippen molar-refractivity contribution in [2.24, 2.45) is 11.1 Å². The van der Waals surface area contributed by atoms with Crippen LogP contribution in [0.1, 0.15) is 60.5 Å². The molecule has 3 heterocycles. The fourth-order valence-corrected chi connectivity index (χ4v) is 5.78. The van der Waals surface area contributed by atoms with Gasteiger partial charge in [-0.2, -0.15) is 10.6 Å². The first-order valence-electron chi connectivity index (χ1n) is 13.0. The van der Waals surface area contributed by atoms with Gasteiger partial charge in [-0.15, -0.1) is 0 Å². The lowest BCUT2D eigenvalue weighted by Crippen LogP contribution is -2.40. The third kappa shape index (κ3) is 4.92. The summed E-state index contributed by atoms with van der Waals surface area (Å²) in [6.07, 6.45) is 8.35. The van der Waals surface area contributed by atoms with E-state index in [4.69, 9.17) is 15.7 Å². The van der Waals surface area contributed by atoms with Crippen molar-refractivity contribution in [3.63, 3.8) is 0 Å². The molecule has 0 bridgehead atoms. The molecule has 38 heavy (non-hydrogen) atoms. The van der Waals surface area contributed by atoms with E-state index in [1.54, 1.807) is 37.0 Å². The van der Waals surface area contributed by atoms with Crippen molar-refractivity contribution in [3.05, 3.63) is 59.7 Å². The first kappa shape index (κ1) is 25.6. The molecule has 5 rings (SSSR count). The van der Waals surface area contributed by atoms with Gasteiger partial charge in [-0.25, -0.2) is 13.9 Å². The van der Waals surface area contributed by atoms with E-state index < -0.39 is 0 Å². The predicted molar refractivity (Wildman–Crippen MR) is 141 cm³/mol. The molecule has 2 aromatic heterocycles. The standard InChI is InChI=1S/C27H33FN8O2/c1-34(33-30)26(29)17-5-8-19(9-6-17)32-27(37)22-16-31-36-13-11-20(15-24(22)36)35-12-3-4-23(35)21-14-18(28)7-10-25(21)38-2/h7,10-11,13-17,19,23,29-30H,3-6,8-9,12H2,1-2H3,(H,32,37)/t17-,19-,23-/m1/s1. The summed E-state index contributed by atoms with van der Waals surface area (Å²) >= 11 is 0. The van der Waals surface area contributed by atoms with Gasteiger partial charge in [-0.05, 0) is 68.9 Å². The van der Waals surface area contributed by atoms with E-state index in [2.05, 4.69) is 20.5 Å². The molecule has 1 amide bonds. The lowest BCUT2D eigenvalue weighted by molar-refractivity contribution is 0.0926. The highest BCUT2D eigenvalue weighted by Gasteiger charge is 2.30. The molecule has 1 aliphatic carbocycles. The Balaban J connectivity index is 1.32. The zero-order valence-corrected chi connectivity index (χ0v) is 21.7. The average Bonchev–Trinajstić information content (AvgIpc) is 3.59. The molecule has 3 N–H and O–H groups in total. The number of ether oxygens (including phenoxy) is 1. The number of hydrogen-bond donors (Lipinski definition) is 3. The van der Waals surface area contributed by atoms with E-state index in [9.17, 15) is 9.18 Å². The zero-order chi connectivity index (χ0) is 26.8. The molecule has 1 aromatic carbocycles. The van der Waals surface area contributed by atoms with Crippen molar-refractivity contribution < 1.29 is 13.9 Å². The van der Waals surface area contributed by atoms with Gasteiger partial charge in [0.25, 0.3) is 5.91 Å². The number of anilines is 1. The number of carbonyl (C=O) groups is 1. The normalized spacial score (nSPS) is 21.3. The van der Waals surface area contributed by atoms with Crippen molar-refractivity contribution in [2.45, 2.75) is 50.6 Å². The number of pyridine rings is 1. The fourth-order valence-electron chi connectivity index (χ4n) is 5.78. The highest BCUT2D eigenvalue weighted by atomic mass is 19.1. The SMILES string of the molecule is COc1ccc(F)cc1[C@H]1CCCN1c1ccn2ncc(C(=O)N[C@H]3CC[C@H](C(=N)N(C)N=N)CC3)c2c1. The van der Waals surface area contributed by atoms with Gasteiger partial charge in [0, 0.05) is 43.0 Å². The summed E-state index contributed by atoms with van der Waals surface area (Å²) in [5.41, 5.74) is 10.1. The van der Waals surface area contributed by atoms with Crippen LogP contribution in [0.2, 0.25) is 0 Å². The Kier molecular flexibility index (Phi) is 7.26. The molecular weight excluding hydrogens is 487 g/mol. The van der Waals surface area contributed by atoms with Gasteiger partial charge in [0.1, 0.15) is 17.4 Å². The smallest absolute Gasteiger partial charge is 0.255 e. The van der Waals surface area contributed by atoms with E-state index >= 15 is 0 Å². The average molecular weight is 521 g/mol. The third-order valence-corrected chi connectivity index (χ3v) is 7.83. The molecule has 1 aliphatic heterocycles. The Labute approximate surface area is 220 Å². The van der Waals surface area contributed by atoms with Crippen LogP contribution in [-0.4, -0.2) is 53.1 Å². The summed E-state index contributed by atoms with van der Waals surface area (Å²) in [5.74, 6) is 0.600. The first-order chi connectivity index (χ1) is 18.4. The Morgan fingerprint density at radius 2 is 2.00 bits per heavy atom. The van der Waals surface area contributed by atoms with Crippen LogP contribution in [0.3, 0.4) is 0 Å². The summed E-state index contributed by atoms with van der Waals surface area (Å²) in [5, 5.41) is 20.3. The molecule has 11 heteroatoms. The number of hydrogen-bond acceptors (Lipinski definition) is 7. The summed E-state index contributed by atoms with van der Waals surface area (Å²) < 4.78 is 21.4. The number of benzene rings is 1. The van der Waals surface area contributed by atoms with E-state index in [0.29, 0.717) is 22.7 Å². The molecular formula is C27H33FN8O2. The lowest BCUT2D eigenvalue weighted by Gasteiger charge is -2.30. The molecule has 2 fully saturated rings. The van der Waals surface area contributed by atoms with Crippen LogP contribution in [0.4, 0.5) is 10.1 Å². The Hall–Kier alpha value is -4.02. The van der Waals surface area contributed by atoms with Gasteiger partial charge in [0.05, 0.1) is 30.4 Å². The maximum atomic E-state index is 14.1. The second-order valence-corrected chi connectivity index (χ2v) is 10.0. The molecule has 2 aliphatic rings. The molecule has 1 saturated carbocycles. The fraction of sp³-hybridized carbons (Fsp3) is 0.444. The summed E-state index contributed by atoms with van der Waals surface area (Å²) in [4.78, 5) is 15.5. The van der Waals surface area contributed by atoms with Gasteiger partial charge in [0.2, 0.25) is 0 Å². The number of amidine groups is 1. The Morgan fingerprint density at radius 1 is 1.21 bits per heavy atom. The topological polar surface area (TPSA) is 122 Å². The molecule has 200 valence electrons. The van der Waals surface area contributed by atoms with Gasteiger partial charge in [0.15, 0.2) is 0 Å². The maximum absolute atomic E-state index is 14.1. The Morgan fingerprint density at radius 3 is 2.74 bits per heavy atom. The van der Waals surface area contributed by atoms with Crippen molar-refractivity contribution >= 4 is 22.9 Å². The largest absolute Gasteiger partial charge is 0.496 e. The molecule has 3 aromatic rings. The molecule has 1 saturated heterocycles. The Bertz CT molecular complexity index is 1350. The summed E-state index contributed by atoms with van der Waals surface area (Å²) in [6, 6.07) is 8.57. The maximum Gasteiger partial charge on any atom is 0.255 e. The number of fused-ring (bicyclic) bond motifs is 1. The number of rotatable bonds is 7.